The van der Waals surface area contributed by atoms with E-state index >= 15 is 0 Å². The molecule has 0 heterocycles. The second-order valence-electron chi connectivity index (χ2n) is 3.66. The van der Waals surface area contributed by atoms with Crippen LogP contribution in [0.2, 0.25) is 0 Å². The Hall–Kier alpha value is -2.04. The summed E-state index contributed by atoms with van der Waals surface area (Å²) in [6, 6.07) is 4.84. The summed E-state index contributed by atoms with van der Waals surface area (Å²) in [7, 11) is 1.52. The molecule has 1 aromatic carbocycles. The van der Waals surface area contributed by atoms with Gasteiger partial charge in [-0.3, -0.25) is 9.59 Å². The summed E-state index contributed by atoms with van der Waals surface area (Å²) >= 11 is 0. The summed E-state index contributed by atoms with van der Waals surface area (Å²) in [4.78, 5) is 22.2. The fraction of sp³-hybridized carbons (Fsp3) is 0.385. The normalized spacial score (nSPS) is 9.67. The van der Waals surface area contributed by atoms with Crippen LogP contribution in [0.3, 0.4) is 0 Å². The number of hydrogen-bond donors (Lipinski definition) is 1. The van der Waals surface area contributed by atoms with Gasteiger partial charge < -0.3 is 14.8 Å². The van der Waals surface area contributed by atoms with Crippen molar-refractivity contribution in [2.24, 2.45) is 0 Å². The van der Waals surface area contributed by atoms with Crippen molar-refractivity contribution in [1.29, 1.82) is 0 Å². The van der Waals surface area contributed by atoms with Gasteiger partial charge in [-0.25, -0.2) is 0 Å². The van der Waals surface area contributed by atoms with Crippen LogP contribution in [0.25, 0.3) is 0 Å². The molecule has 0 aromatic heterocycles. The summed E-state index contributed by atoms with van der Waals surface area (Å²) in [5.41, 5.74) is 0.359. The predicted octanol–water partition coefficient (Wildman–Crippen LogP) is 1.41. The molecule has 0 fully saturated rings. The lowest BCUT2D eigenvalue weighted by atomic mass is 10.2. The zero-order valence-electron chi connectivity index (χ0n) is 10.6. The average molecular weight is 251 g/mol. The lowest BCUT2D eigenvalue weighted by Gasteiger charge is -2.09. The van der Waals surface area contributed by atoms with Crippen LogP contribution in [0.4, 0.5) is 0 Å². The number of hydrogen-bond acceptors (Lipinski definition) is 4. The van der Waals surface area contributed by atoms with E-state index in [2.05, 4.69) is 5.32 Å². The van der Waals surface area contributed by atoms with Crippen molar-refractivity contribution in [2.75, 3.05) is 20.3 Å². The van der Waals surface area contributed by atoms with Crippen LogP contribution in [0.1, 0.15) is 23.7 Å². The van der Waals surface area contributed by atoms with E-state index in [1.807, 2.05) is 6.92 Å². The average Bonchev–Trinajstić information content (AvgIpc) is 2.42. The molecule has 0 aliphatic heterocycles. The largest absolute Gasteiger partial charge is 0.497 e. The number of aldehydes is 1. The molecule has 0 aliphatic carbocycles. The zero-order valence-corrected chi connectivity index (χ0v) is 10.6. The number of carbonyl (C=O) groups is 2. The van der Waals surface area contributed by atoms with E-state index in [0.29, 0.717) is 29.9 Å². The van der Waals surface area contributed by atoms with Gasteiger partial charge in [0.1, 0.15) is 11.5 Å². The standard InChI is InChI=1S/C13H17NO4/c1-3-6-14-13(16)9-18-12-5-4-11(17-2)7-10(12)8-15/h4-5,7-8H,3,6,9H2,1-2H3,(H,14,16). The molecule has 0 saturated carbocycles. The molecule has 0 spiro atoms. The molecule has 1 rings (SSSR count). The summed E-state index contributed by atoms with van der Waals surface area (Å²) < 4.78 is 10.3. The number of methoxy groups -OCH3 is 1. The molecule has 0 unspecified atom stereocenters. The third-order valence-corrected chi connectivity index (χ3v) is 2.27. The first kappa shape index (κ1) is 14.0. The molecule has 5 heteroatoms. The minimum atomic E-state index is -0.204. The molecule has 1 amide bonds. The van der Waals surface area contributed by atoms with Gasteiger partial charge in [-0.2, -0.15) is 0 Å². The van der Waals surface area contributed by atoms with E-state index < -0.39 is 0 Å². The predicted molar refractivity (Wildman–Crippen MR) is 67.2 cm³/mol. The monoisotopic (exact) mass is 251 g/mol. The van der Waals surface area contributed by atoms with Gasteiger partial charge in [-0.15, -0.1) is 0 Å². The Kier molecular flexibility index (Phi) is 5.70. The summed E-state index contributed by atoms with van der Waals surface area (Å²) in [5, 5.41) is 2.69. The van der Waals surface area contributed by atoms with Gasteiger partial charge in [0.15, 0.2) is 12.9 Å². The van der Waals surface area contributed by atoms with Gasteiger partial charge >= 0.3 is 0 Å². The first-order valence-electron chi connectivity index (χ1n) is 5.74. The second kappa shape index (κ2) is 7.32. The third kappa shape index (κ3) is 4.08. The van der Waals surface area contributed by atoms with E-state index in [4.69, 9.17) is 9.47 Å². The zero-order chi connectivity index (χ0) is 13.4. The van der Waals surface area contributed by atoms with Gasteiger partial charge in [-0.05, 0) is 24.6 Å². The van der Waals surface area contributed by atoms with Crippen molar-refractivity contribution in [3.8, 4) is 11.5 Å². The summed E-state index contributed by atoms with van der Waals surface area (Å²) in [6.07, 6.45) is 1.54. The Bertz CT molecular complexity index is 417. The number of ether oxygens (including phenoxy) is 2. The van der Waals surface area contributed by atoms with Crippen molar-refractivity contribution in [3.63, 3.8) is 0 Å². The minimum absolute atomic E-state index is 0.104. The van der Waals surface area contributed by atoms with Crippen molar-refractivity contribution in [1.82, 2.24) is 5.32 Å². The van der Waals surface area contributed by atoms with E-state index in [0.717, 1.165) is 6.42 Å². The van der Waals surface area contributed by atoms with Crippen LogP contribution in [-0.2, 0) is 4.79 Å². The molecule has 1 N–H and O–H groups in total. The highest BCUT2D eigenvalue weighted by molar-refractivity contribution is 5.81. The molecule has 0 bridgehead atoms. The minimum Gasteiger partial charge on any atom is -0.497 e. The van der Waals surface area contributed by atoms with Gasteiger partial charge in [0.25, 0.3) is 5.91 Å². The lowest BCUT2D eigenvalue weighted by molar-refractivity contribution is -0.123. The first-order valence-corrected chi connectivity index (χ1v) is 5.74. The Balaban J connectivity index is 2.61. The maximum atomic E-state index is 11.3. The van der Waals surface area contributed by atoms with Gasteiger partial charge in [0, 0.05) is 6.54 Å². The highest BCUT2D eigenvalue weighted by atomic mass is 16.5. The molecule has 0 saturated heterocycles. The molecular weight excluding hydrogens is 234 g/mol. The molecule has 18 heavy (non-hydrogen) atoms. The fourth-order valence-corrected chi connectivity index (χ4v) is 1.34. The smallest absolute Gasteiger partial charge is 0.257 e. The molecule has 0 radical (unpaired) electrons. The van der Waals surface area contributed by atoms with Crippen molar-refractivity contribution >= 4 is 12.2 Å². The lowest BCUT2D eigenvalue weighted by Crippen LogP contribution is -2.29. The van der Waals surface area contributed by atoms with Crippen LogP contribution in [0, 0.1) is 0 Å². The van der Waals surface area contributed by atoms with Crippen LogP contribution in [0.15, 0.2) is 18.2 Å². The van der Waals surface area contributed by atoms with Crippen molar-refractivity contribution < 1.29 is 19.1 Å². The molecule has 0 atom stereocenters. The van der Waals surface area contributed by atoms with Gasteiger partial charge in [0.05, 0.1) is 12.7 Å². The van der Waals surface area contributed by atoms with E-state index in [9.17, 15) is 9.59 Å². The highest BCUT2D eigenvalue weighted by Crippen LogP contribution is 2.22. The number of rotatable bonds is 7. The topological polar surface area (TPSA) is 64.6 Å². The van der Waals surface area contributed by atoms with E-state index in [1.54, 1.807) is 18.2 Å². The number of amides is 1. The molecule has 0 aliphatic rings. The van der Waals surface area contributed by atoms with Gasteiger partial charge in [0.2, 0.25) is 0 Å². The second-order valence-corrected chi connectivity index (χ2v) is 3.66. The third-order valence-electron chi connectivity index (χ3n) is 2.27. The summed E-state index contributed by atoms with van der Waals surface area (Å²) in [6.45, 7) is 2.48. The Labute approximate surface area is 106 Å². The fourth-order valence-electron chi connectivity index (χ4n) is 1.34. The summed E-state index contributed by atoms with van der Waals surface area (Å²) in [5.74, 6) is 0.738. The van der Waals surface area contributed by atoms with Crippen LogP contribution >= 0.6 is 0 Å². The molecular formula is C13H17NO4. The van der Waals surface area contributed by atoms with Crippen LogP contribution in [0.5, 0.6) is 11.5 Å². The Morgan fingerprint density at radius 3 is 2.83 bits per heavy atom. The van der Waals surface area contributed by atoms with E-state index in [-0.39, 0.29) is 12.5 Å². The SMILES string of the molecule is CCCNC(=O)COc1ccc(OC)cc1C=O. The first-order chi connectivity index (χ1) is 8.71. The quantitative estimate of drug-likeness (QED) is 0.744. The maximum Gasteiger partial charge on any atom is 0.257 e. The maximum absolute atomic E-state index is 11.3. The van der Waals surface area contributed by atoms with Crippen molar-refractivity contribution in [3.05, 3.63) is 23.8 Å². The number of nitrogens with one attached hydrogen (secondary N) is 1. The molecule has 5 nitrogen and oxygen atoms in total. The highest BCUT2D eigenvalue weighted by Gasteiger charge is 2.07. The molecule has 98 valence electrons. The van der Waals surface area contributed by atoms with Crippen LogP contribution in [-0.4, -0.2) is 32.5 Å². The number of carbonyl (C=O) groups excluding carboxylic acids is 2. The Morgan fingerprint density at radius 1 is 1.44 bits per heavy atom. The Morgan fingerprint density at radius 2 is 2.22 bits per heavy atom. The molecule has 1 aromatic rings. The van der Waals surface area contributed by atoms with Crippen LogP contribution < -0.4 is 14.8 Å². The number of benzene rings is 1. The van der Waals surface area contributed by atoms with Crippen molar-refractivity contribution in [2.45, 2.75) is 13.3 Å². The van der Waals surface area contributed by atoms with E-state index in [1.165, 1.54) is 7.11 Å². The van der Waals surface area contributed by atoms with Gasteiger partial charge in [-0.1, -0.05) is 6.92 Å².